The lowest BCUT2D eigenvalue weighted by Crippen LogP contribution is -2.13. The predicted octanol–water partition coefficient (Wildman–Crippen LogP) is 3.88. The second kappa shape index (κ2) is 6.76. The lowest BCUT2D eigenvalue weighted by molar-refractivity contribution is -0.113. The number of amides is 1. The highest BCUT2D eigenvalue weighted by atomic mass is 32.2. The molecule has 0 spiro atoms. The fourth-order valence-electron chi connectivity index (χ4n) is 1.73. The number of aryl methyl sites for hydroxylation is 2. The second-order valence-electron chi connectivity index (χ2n) is 4.22. The highest BCUT2D eigenvalue weighted by Crippen LogP contribution is 2.29. The summed E-state index contributed by atoms with van der Waals surface area (Å²) in [5.74, 6) is 2.83. The van der Waals surface area contributed by atoms with E-state index in [1.165, 1.54) is 23.1 Å². The fourth-order valence-corrected chi connectivity index (χ4v) is 3.00. The Bertz CT molecular complexity index is 616. The van der Waals surface area contributed by atoms with E-state index in [1.807, 2.05) is 25.3 Å². The Morgan fingerprint density at radius 2 is 2.40 bits per heavy atom. The van der Waals surface area contributed by atoms with Gasteiger partial charge in [-0.05, 0) is 19.9 Å². The number of nitrogens with zero attached hydrogens (tertiary/aromatic N) is 1. The summed E-state index contributed by atoms with van der Waals surface area (Å²) in [7, 11) is 0. The summed E-state index contributed by atoms with van der Waals surface area (Å²) in [6, 6.07) is 1.95. The lowest BCUT2D eigenvalue weighted by Gasteiger charge is -1.99. The SMILES string of the molecule is C=CCSCC(=O)Nc1nc(-c2cc(C)oc2C)cs1. The van der Waals surface area contributed by atoms with Crippen molar-refractivity contribution in [3.63, 3.8) is 0 Å². The molecule has 0 saturated heterocycles. The second-order valence-corrected chi connectivity index (χ2v) is 6.11. The van der Waals surface area contributed by atoms with Crippen LogP contribution in [0.5, 0.6) is 0 Å². The van der Waals surface area contributed by atoms with E-state index >= 15 is 0 Å². The maximum absolute atomic E-state index is 11.7. The first-order valence-corrected chi connectivity index (χ1v) is 8.15. The minimum atomic E-state index is -0.0437. The van der Waals surface area contributed by atoms with Crippen LogP contribution in [-0.2, 0) is 4.79 Å². The molecule has 1 amide bonds. The number of furan rings is 1. The fraction of sp³-hybridized carbons (Fsp3) is 0.286. The third-order valence-electron chi connectivity index (χ3n) is 2.54. The molecule has 0 aliphatic rings. The smallest absolute Gasteiger partial charge is 0.236 e. The molecule has 0 aliphatic carbocycles. The van der Waals surface area contributed by atoms with Crippen LogP contribution in [0.25, 0.3) is 11.3 Å². The molecule has 0 bridgehead atoms. The van der Waals surface area contributed by atoms with Crippen LogP contribution < -0.4 is 5.32 Å². The molecule has 4 nitrogen and oxygen atoms in total. The summed E-state index contributed by atoms with van der Waals surface area (Å²) >= 11 is 2.94. The van der Waals surface area contributed by atoms with Crippen LogP contribution in [0.4, 0.5) is 5.13 Å². The molecule has 2 aromatic heterocycles. The summed E-state index contributed by atoms with van der Waals surface area (Å²) in [5, 5.41) is 5.33. The zero-order valence-corrected chi connectivity index (χ0v) is 13.1. The number of nitrogens with one attached hydrogen (secondary N) is 1. The standard InChI is InChI=1S/C14H16N2O2S2/c1-4-5-19-8-13(17)16-14-15-12(7-20-14)11-6-9(2)18-10(11)3/h4,6-7H,1,5,8H2,2-3H3,(H,15,16,17). The first-order chi connectivity index (χ1) is 9.60. The van der Waals surface area contributed by atoms with E-state index in [9.17, 15) is 4.79 Å². The Kier molecular flexibility index (Phi) is 5.03. The van der Waals surface area contributed by atoms with Gasteiger partial charge in [-0.15, -0.1) is 29.7 Å². The number of thioether (sulfide) groups is 1. The molecule has 2 aromatic rings. The number of hydrogen-bond donors (Lipinski definition) is 1. The van der Waals surface area contributed by atoms with Crippen molar-refractivity contribution in [1.82, 2.24) is 4.98 Å². The van der Waals surface area contributed by atoms with Crippen LogP contribution >= 0.6 is 23.1 Å². The van der Waals surface area contributed by atoms with Crippen LogP contribution in [0, 0.1) is 13.8 Å². The number of aromatic nitrogens is 1. The lowest BCUT2D eigenvalue weighted by atomic mass is 10.2. The van der Waals surface area contributed by atoms with Gasteiger partial charge in [-0.2, -0.15) is 0 Å². The molecule has 0 saturated carbocycles. The molecule has 0 aliphatic heterocycles. The Morgan fingerprint density at radius 3 is 3.05 bits per heavy atom. The third kappa shape index (κ3) is 3.74. The van der Waals surface area contributed by atoms with Crippen molar-refractivity contribution in [3.8, 4) is 11.3 Å². The van der Waals surface area contributed by atoms with Crippen molar-refractivity contribution >= 4 is 34.1 Å². The molecule has 0 aromatic carbocycles. The van der Waals surface area contributed by atoms with Gasteiger partial charge in [-0.1, -0.05) is 6.08 Å². The average molecular weight is 308 g/mol. The summed E-state index contributed by atoms with van der Waals surface area (Å²) in [6.07, 6.45) is 1.78. The van der Waals surface area contributed by atoms with Gasteiger partial charge >= 0.3 is 0 Å². The van der Waals surface area contributed by atoms with Gasteiger partial charge in [0.2, 0.25) is 5.91 Å². The maximum atomic E-state index is 11.7. The zero-order valence-electron chi connectivity index (χ0n) is 11.4. The summed E-state index contributed by atoms with van der Waals surface area (Å²) in [4.78, 5) is 16.1. The van der Waals surface area contributed by atoms with Gasteiger partial charge in [0.15, 0.2) is 5.13 Å². The summed E-state index contributed by atoms with van der Waals surface area (Å²) in [5.41, 5.74) is 1.80. The van der Waals surface area contributed by atoms with Crippen molar-refractivity contribution in [2.45, 2.75) is 13.8 Å². The number of thiazole rings is 1. The van der Waals surface area contributed by atoms with Crippen LogP contribution in [-0.4, -0.2) is 22.4 Å². The quantitative estimate of drug-likeness (QED) is 0.650. The molecule has 20 heavy (non-hydrogen) atoms. The van der Waals surface area contributed by atoms with E-state index in [-0.39, 0.29) is 5.91 Å². The van der Waals surface area contributed by atoms with Crippen LogP contribution in [0.15, 0.2) is 28.5 Å². The van der Waals surface area contributed by atoms with E-state index in [0.29, 0.717) is 10.9 Å². The van der Waals surface area contributed by atoms with Crippen LogP contribution in [0.2, 0.25) is 0 Å². The van der Waals surface area contributed by atoms with Gasteiger partial charge in [0.1, 0.15) is 11.5 Å². The van der Waals surface area contributed by atoms with Gasteiger partial charge in [0.05, 0.1) is 11.4 Å². The van der Waals surface area contributed by atoms with Gasteiger partial charge in [-0.25, -0.2) is 4.98 Å². The molecule has 0 unspecified atom stereocenters. The predicted molar refractivity (Wildman–Crippen MR) is 85.4 cm³/mol. The Morgan fingerprint density at radius 1 is 1.60 bits per heavy atom. The molecule has 2 rings (SSSR count). The Labute approximate surface area is 126 Å². The van der Waals surface area contributed by atoms with Gasteiger partial charge in [0, 0.05) is 16.7 Å². The number of carbonyl (C=O) groups is 1. The van der Waals surface area contributed by atoms with Gasteiger partial charge in [-0.3, -0.25) is 4.79 Å². The number of rotatable bonds is 6. The molecule has 0 atom stereocenters. The van der Waals surface area contributed by atoms with Crippen molar-refractivity contribution in [2.75, 3.05) is 16.8 Å². The normalized spacial score (nSPS) is 10.5. The molecular formula is C14H16N2O2S2. The van der Waals surface area contributed by atoms with Crippen LogP contribution in [0.3, 0.4) is 0 Å². The molecule has 106 valence electrons. The van der Waals surface area contributed by atoms with Crippen molar-refractivity contribution in [1.29, 1.82) is 0 Å². The monoisotopic (exact) mass is 308 g/mol. The van der Waals surface area contributed by atoms with E-state index in [4.69, 9.17) is 4.42 Å². The van der Waals surface area contributed by atoms with E-state index in [2.05, 4.69) is 16.9 Å². The minimum Gasteiger partial charge on any atom is -0.466 e. The summed E-state index contributed by atoms with van der Waals surface area (Å²) in [6.45, 7) is 7.43. The number of hydrogen-bond acceptors (Lipinski definition) is 5. The third-order valence-corrected chi connectivity index (χ3v) is 4.23. The first kappa shape index (κ1) is 14.9. The largest absolute Gasteiger partial charge is 0.466 e. The van der Waals surface area contributed by atoms with Crippen molar-refractivity contribution < 1.29 is 9.21 Å². The number of anilines is 1. The molecule has 0 fully saturated rings. The zero-order chi connectivity index (χ0) is 14.5. The van der Waals surface area contributed by atoms with E-state index in [0.717, 1.165) is 28.5 Å². The maximum Gasteiger partial charge on any atom is 0.236 e. The van der Waals surface area contributed by atoms with Crippen molar-refractivity contribution in [2.24, 2.45) is 0 Å². The average Bonchev–Trinajstić information content (AvgIpc) is 2.96. The van der Waals surface area contributed by atoms with Gasteiger partial charge < -0.3 is 9.73 Å². The van der Waals surface area contributed by atoms with Gasteiger partial charge in [0.25, 0.3) is 0 Å². The minimum absolute atomic E-state index is 0.0437. The molecule has 0 radical (unpaired) electrons. The summed E-state index contributed by atoms with van der Waals surface area (Å²) < 4.78 is 5.49. The highest BCUT2D eigenvalue weighted by molar-refractivity contribution is 8.00. The molecule has 1 N–H and O–H groups in total. The first-order valence-electron chi connectivity index (χ1n) is 6.11. The topological polar surface area (TPSA) is 55.1 Å². The molecule has 2 heterocycles. The highest BCUT2D eigenvalue weighted by Gasteiger charge is 2.12. The van der Waals surface area contributed by atoms with E-state index in [1.54, 1.807) is 6.08 Å². The number of carbonyl (C=O) groups excluding carboxylic acids is 1. The van der Waals surface area contributed by atoms with Crippen molar-refractivity contribution in [3.05, 3.63) is 35.6 Å². The molecule has 6 heteroatoms. The van der Waals surface area contributed by atoms with E-state index < -0.39 is 0 Å². The molecular weight excluding hydrogens is 292 g/mol. The Hall–Kier alpha value is -1.53. The van der Waals surface area contributed by atoms with Crippen LogP contribution in [0.1, 0.15) is 11.5 Å². The Balaban J connectivity index is 2.00.